The number of halogens is 2. The summed E-state index contributed by atoms with van der Waals surface area (Å²) in [5.41, 5.74) is 5.26. The molecule has 1 aliphatic rings. The highest BCUT2D eigenvalue weighted by molar-refractivity contribution is 6.37. The van der Waals surface area contributed by atoms with E-state index in [9.17, 15) is 0 Å². The van der Waals surface area contributed by atoms with Gasteiger partial charge in [-0.05, 0) is 48.0 Å². The monoisotopic (exact) mass is 397 g/mol. The molecule has 4 rings (SSSR count). The Labute approximate surface area is 168 Å². The minimum Gasteiger partial charge on any atom is -0.457 e. The van der Waals surface area contributed by atoms with E-state index in [2.05, 4.69) is 16.5 Å². The van der Waals surface area contributed by atoms with Crippen molar-refractivity contribution in [2.75, 3.05) is 6.67 Å². The van der Waals surface area contributed by atoms with Crippen LogP contribution in [0.4, 0.5) is 0 Å². The van der Waals surface area contributed by atoms with Gasteiger partial charge in [0.25, 0.3) is 0 Å². The second-order valence-corrected chi connectivity index (χ2v) is 6.99. The van der Waals surface area contributed by atoms with Crippen molar-refractivity contribution in [2.24, 2.45) is 4.99 Å². The Bertz CT molecular complexity index is 976. The van der Waals surface area contributed by atoms with Crippen LogP contribution >= 0.6 is 23.2 Å². The number of ether oxygens (including phenoxy) is 1. The number of benzene rings is 3. The molecule has 0 saturated heterocycles. The summed E-state index contributed by atoms with van der Waals surface area (Å²) >= 11 is 12.2. The Balaban J connectivity index is 1.41. The number of nitrogens with zero attached hydrogens (tertiary/aromatic N) is 2. The van der Waals surface area contributed by atoms with Crippen molar-refractivity contribution in [2.45, 2.75) is 6.54 Å². The first-order valence-electron chi connectivity index (χ1n) is 8.51. The number of amidine groups is 1. The molecular formula is C21H17Cl2N3O. The Morgan fingerprint density at radius 1 is 0.926 bits per heavy atom. The van der Waals surface area contributed by atoms with Gasteiger partial charge in [-0.3, -0.25) is 0 Å². The van der Waals surface area contributed by atoms with E-state index in [1.54, 1.807) is 12.1 Å². The SMILES string of the molecule is Clc1ccc(C2=NCN(Cc3cccc(Oc4ccccc4)c3)N2)c(Cl)c1. The van der Waals surface area contributed by atoms with Crippen LogP contribution in [0.5, 0.6) is 11.5 Å². The van der Waals surface area contributed by atoms with Gasteiger partial charge in [0.1, 0.15) is 24.0 Å². The summed E-state index contributed by atoms with van der Waals surface area (Å²) in [5.74, 6) is 2.37. The maximum Gasteiger partial charge on any atom is 0.145 e. The van der Waals surface area contributed by atoms with E-state index in [0.717, 1.165) is 28.5 Å². The van der Waals surface area contributed by atoms with Gasteiger partial charge in [-0.1, -0.05) is 53.5 Å². The van der Waals surface area contributed by atoms with Crippen LogP contribution in [0, 0.1) is 0 Å². The van der Waals surface area contributed by atoms with Crippen LogP contribution in [0.15, 0.2) is 77.8 Å². The van der Waals surface area contributed by atoms with Gasteiger partial charge in [-0.15, -0.1) is 0 Å². The van der Waals surface area contributed by atoms with Gasteiger partial charge >= 0.3 is 0 Å². The second kappa shape index (κ2) is 8.01. The molecule has 0 aliphatic carbocycles. The average molecular weight is 398 g/mol. The molecule has 0 fully saturated rings. The number of aliphatic imine (C=N–C) groups is 1. The number of nitrogens with one attached hydrogen (secondary N) is 1. The lowest BCUT2D eigenvalue weighted by molar-refractivity contribution is 0.257. The summed E-state index contributed by atoms with van der Waals surface area (Å²) in [6.45, 7) is 1.22. The first-order valence-corrected chi connectivity index (χ1v) is 9.26. The molecule has 0 spiro atoms. The van der Waals surface area contributed by atoms with Gasteiger partial charge < -0.3 is 10.2 Å². The van der Waals surface area contributed by atoms with Gasteiger partial charge in [0.15, 0.2) is 0 Å². The fourth-order valence-corrected chi connectivity index (χ4v) is 3.34. The summed E-state index contributed by atoms with van der Waals surface area (Å²) < 4.78 is 5.90. The molecule has 1 aliphatic heterocycles. The maximum absolute atomic E-state index is 6.27. The smallest absolute Gasteiger partial charge is 0.145 e. The molecule has 0 bridgehead atoms. The lowest BCUT2D eigenvalue weighted by Gasteiger charge is -2.17. The van der Waals surface area contributed by atoms with Crippen LogP contribution in [0.3, 0.4) is 0 Å². The zero-order valence-corrected chi connectivity index (χ0v) is 15.9. The quantitative estimate of drug-likeness (QED) is 0.616. The molecule has 0 saturated carbocycles. The topological polar surface area (TPSA) is 36.9 Å². The summed E-state index contributed by atoms with van der Waals surface area (Å²) in [6, 6.07) is 23.2. The number of rotatable bonds is 5. The normalized spacial score (nSPS) is 13.9. The fraction of sp³-hybridized carbons (Fsp3) is 0.0952. The molecule has 6 heteroatoms. The van der Waals surface area contributed by atoms with Crippen molar-refractivity contribution < 1.29 is 4.74 Å². The Kier molecular flexibility index (Phi) is 5.30. The van der Waals surface area contributed by atoms with Crippen molar-refractivity contribution in [1.29, 1.82) is 0 Å². The first kappa shape index (κ1) is 17.9. The van der Waals surface area contributed by atoms with E-state index < -0.39 is 0 Å². The van der Waals surface area contributed by atoms with E-state index in [-0.39, 0.29) is 0 Å². The summed E-state index contributed by atoms with van der Waals surface area (Å²) in [4.78, 5) is 4.54. The Morgan fingerprint density at radius 2 is 1.74 bits per heavy atom. The van der Waals surface area contributed by atoms with Crippen LogP contribution in [0.2, 0.25) is 10.0 Å². The molecular weight excluding hydrogens is 381 g/mol. The summed E-state index contributed by atoms with van der Waals surface area (Å²) in [6.07, 6.45) is 0. The van der Waals surface area contributed by atoms with Crippen molar-refractivity contribution in [3.05, 3.63) is 94.0 Å². The van der Waals surface area contributed by atoms with Gasteiger partial charge in [0.05, 0.1) is 5.02 Å². The number of hydrazine groups is 1. The van der Waals surface area contributed by atoms with E-state index in [1.807, 2.05) is 59.6 Å². The lowest BCUT2D eigenvalue weighted by atomic mass is 10.2. The minimum absolute atomic E-state index is 0.540. The van der Waals surface area contributed by atoms with Gasteiger partial charge in [0.2, 0.25) is 0 Å². The van der Waals surface area contributed by atoms with E-state index >= 15 is 0 Å². The van der Waals surface area contributed by atoms with E-state index in [4.69, 9.17) is 27.9 Å². The van der Waals surface area contributed by atoms with Crippen LogP contribution < -0.4 is 10.2 Å². The predicted molar refractivity (Wildman–Crippen MR) is 110 cm³/mol. The molecule has 1 N–H and O–H groups in total. The molecule has 0 atom stereocenters. The lowest BCUT2D eigenvalue weighted by Crippen LogP contribution is -2.35. The molecule has 27 heavy (non-hydrogen) atoms. The van der Waals surface area contributed by atoms with E-state index in [0.29, 0.717) is 23.3 Å². The van der Waals surface area contributed by atoms with Crippen LogP contribution in [-0.4, -0.2) is 17.5 Å². The minimum atomic E-state index is 0.540. The zero-order valence-electron chi connectivity index (χ0n) is 14.4. The third-order valence-corrected chi connectivity index (χ3v) is 4.65. The molecule has 4 nitrogen and oxygen atoms in total. The zero-order chi connectivity index (χ0) is 18.6. The Morgan fingerprint density at radius 3 is 2.56 bits per heavy atom. The highest BCUT2D eigenvalue weighted by atomic mass is 35.5. The summed E-state index contributed by atoms with van der Waals surface area (Å²) in [7, 11) is 0. The molecule has 136 valence electrons. The third kappa shape index (κ3) is 4.42. The molecule has 3 aromatic rings. The van der Waals surface area contributed by atoms with E-state index in [1.165, 1.54) is 0 Å². The number of hydrogen-bond acceptors (Lipinski definition) is 4. The first-order chi connectivity index (χ1) is 13.2. The fourth-order valence-electron chi connectivity index (χ4n) is 2.85. The highest BCUT2D eigenvalue weighted by Gasteiger charge is 2.18. The average Bonchev–Trinajstić information content (AvgIpc) is 3.11. The molecule has 0 amide bonds. The largest absolute Gasteiger partial charge is 0.457 e. The summed E-state index contributed by atoms with van der Waals surface area (Å²) in [5, 5.41) is 3.20. The van der Waals surface area contributed by atoms with Gasteiger partial charge in [0, 0.05) is 17.1 Å². The Hall–Kier alpha value is -2.53. The highest BCUT2D eigenvalue weighted by Crippen LogP contribution is 2.24. The maximum atomic E-state index is 6.27. The van der Waals surface area contributed by atoms with Crippen molar-refractivity contribution in [3.8, 4) is 11.5 Å². The molecule has 0 unspecified atom stereocenters. The molecule has 1 heterocycles. The number of hydrogen-bond donors (Lipinski definition) is 1. The van der Waals surface area contributed by atoms with Crippen LogP contribution in [-0.2, 0) is 6.54 Å². The van der Waals surface area contributed by atoms with Crippen molar-refractivity contribution in [1.82, 2.24) is 10.4 Å². The van der Waals surface area contributed by atoms with Gasteiger partial charge in [-0.25, -0.2) is 4.99 Å². The van der Waals surface area contributed by atoms with Crippen LogP contribution in [0.1, 0.15) is 11.1 Å². The van der Waals surface area contributed by atoms with Crippen molar-refractivity contribution >= 4 is 29.0 Å². The molecule has 3 aromatic carbocycles. The molecule has 0 aromatic heterocycles. The molecule has 0 radical (unpaired) electrons. The van der Waals surface area contributed by atoms with Gasteiger partial charge in [-0.2, -0.15) is 5.01 Å². The number of para-hydroxylation sites is 1. The standard InChI is InChI=1S/C21H17Cl2N3O/c22-16-9-10-19(20(23)12-16)21-24-14-26(25-21)13-15-5-4-8-18(11-15)27-17-6-2-1-3-7-17/h1-12H,13-14H2,(H,24,25). The third-order valence-electron chi connectivity index (χ3n) is 4.10. The predicted octanol–water partition coefficient (Wildman–Crippen LogP) is 5.51. The second-order valence-electron chi connectivity index (χ2n) is 6.14. The van der Waals surface area contributed by atoms with Crippen LogP contribution in [0.25, 0.3) is 0 Å². The van der Waals surface area contributed by atoms with Crippen molar-refractivity contribution in [3.63, 3.8) is 0 Å².